The summed E-state index contributed by atoms with van der Waals surface area (Å²) in [4.78, 5) is 40.0. The van der Waals surface area contributed by atoms with Gasteiger partial charge in [0.2, 0.25) is 11.8 Å². The van der Waals surface area contributed by atoms with Crippen LogP contribution in [-0.2, 0) is 4.79 Å². The largest absolute Gasteiger partial charge is 0.478 e. The second kappa shape index (κ2) is 7.77. The first kappa shape index (κ1) is 17.0. The molecule has 0 spiro atoms. The number of carbonyl (C=O) groups is 3. The molecule has 124 valence electrons. The maximum absolute atomic E-state index is 12.1. The number of hydrogen-bond acceptors (Lipinski definition) is 5. The Morgan fingerprint density at radius 1 is 1.48 bits per heavy atom. The molecular formula is C14H17ClN4O4. The number of urea groups is 1. The molecule has 2 rings (SSSR count). The smallest absolute Gasteiger partial charge is 0.324 e. The van der Waals surface area contributed by atoms with Gasteiger partial charge in [-0.3, -0.25) is 14.5 Å². The van der Waals surface area contributed by atoms with Crippen molar-refractivity contribution in [3.05, 3.63) is 22.8 Å². The first-order valence-corrected chi connectivity index (χ1v) is 7.56. The summed E-state index contributed by atoms with van der Waals surface area (Å²) in [5.74, 6) is -0.384. The van der Waals surface area contributed by atoms with E-state index in [1.807, 2.05) is 6.92 Å². The van der Waals surface area contributed by atoms with E-state index < -0.39 is 11.9 Å². The van der Waals surface area contributed by atoms with Gasteiger partial charge >= 0.3 is 6.03 Å². The predicted octanol–water partition coefficient (Wildman–Crippen LogP) is 0.805. The summed E-state index contributed by atoms with van der Waals surface area (Å²) in [5.41, 5.74) is 0.0765. The minimum Gasteiger partial charge on any atom is -0.478 e. The minimum atomic E-state index is -0.436. The van der Waals surface area contributed by atoms with E-state index in [-0.39, 0.29) is 36.3 Å². The normalized spacial score (nSPS) is 13.9. The molecule has 1 saturated heterocycles. The topological polar surface area (TPSA) is 101 Å². The summed E-state index contributed by atoms with van der Waals surface area (Å²) >= 11 is 5.96. The fraction of sp³-hybridized carbons (Fsp3) is 0.429. The highest BCUT2D eigenvalue weighted by atomic mass is 35.5. The maximum atomic E-state index is 12.1. The number of hydrogen-bond donors (Lipinski definition) is 2. The Labute approximate surface area is 138 Å². The van der Waals surface area contributed by atoms with Crippen molar-refractivity contribution in [2.75, 3.05) is 26.2 Å². The number of rotatable bonds is 7. The van der Waals surface area contributed by atoms with Crippen molar-refractivity contribution in [2.45, 2.75) is 13.3 Å². The second-order valence-electron chi connectivity index (χ2n) is 4.73. The zero-order valence-electron chi connectivity index (χ0n) is 12.6. The van der Waals surface area contributed by atoms with Gasteiger partial charge in [0.1, 0.15) is 0 Å². The number of carbonyl (C=O) groups excluding carboxylic acids is 3. The highest BCUT2D eigenvalue weighted by Gasteiger charge is 2.27. The number of nitrogens with zero attached hydrogens (tertiary/aromatic N) is 2. The quantitative estimate of drug-likeness (QED) is 0.565. The van der Waals surface area contributed by atoms with Gasteiger partial charge in [-0.1, -0.05) is 11.6 Å². The highest BCUT2D eigenvalue weighted by molar-refractivity contribution is 6.33. The number of halogens is 1. The van der Waals surface area contributed by atoms with Crippen LogP contribution in [0.25, 0.3) is 0 Å². The Hall–Kier alpha value is -2.35. The van der Waals surface area contributed by atoms with E-state index in [0.29, 0.717) is 18.9 Å². The van der Waals surface area contributed by atoms with E-state index >= 15 is 0 Å². The molecule has 2 heterocycles. The van der Waals surface area contributed by atoms with Gasteiger partial charge in [-0.15, -0.1) is 0 Å². The van der Waals surface area contributed by atoms with Crippen LogP contribution in [-0.4, -0.2) is 54.0 Å². The first-order chi connectivity index (χ1) is 11.0. The van der Waals surface area contributed by atoms with Crippen molar-refractivity contribution < 1.29 is 19.1 Å². The molecule has 4 amide bonds. The Kier molecular flexibility index (Phi) is 5.75. The van der Waals surface area contributed by atoms with Crippen molar-refractivity contribution in [3.63, 3.8) is 0 Å². The number of imide groups is 1. The number of pyridine rings is 1. The van der Waals surface area contributed by atoms with Gasteiger partial charge in [0.05, 0.1) is 18.2 Å². The van der Waals surface area contributed by atoms with Gasteiger partial charge in [0.15, 0.2) is 5.69 Å². The minimum absolute atomic E-state index is 0.0228. The van der Waals surface area contributed by atoms with Crippen LogP contribution in [0.2, 0.25) is 5.02 Å². The van der Waals surface area contributed by atoms with Gasteiger partial charge in [-0.05, 0) is 19.4 Å². The lowest BCUT2D eigenvalue weighted by Crippen LogP contribution is -2.34. The molecule has 2 N–H and O–H groups in total. The Morgan fingerprint density at radius 3 is 2.91 bits per heavy atom. The van der Waals surface area contributed by atoms with E-state index in [1.165, 1.54) is 0 Å². The Balaban J connectivity index is 1.84. The molecule has 0 bridgehead atoms. The predicted molar refractivity (Wildman–Crippen MR) is 82.5 cm³/mol. The summed E-state index contributed by atoms with van der Waals surface area (Å²) < 4.78 is 5.23. The number of nitrogens with one attached hydrogen (secondary N) is 2. The molecule has 0 unspecified atom stereocenters. The van der Waals surface area contributed by atoms with Crippen LogP contribution in [0, 0.1) is 0 Å². The molecule has 9 heteroatoms. The second-order valence-corrected chi connectivity index (χ2v) is 5.13. The van der Waals surface area contributed by atoms with Crippen LogP contribution in [0.4, 0.5) is 4.79 Å². The van der Waals surface area contributed by atoms with Gasteiger partial charge in [-0.25, -0.2) is 9.78 Å². The fourth-order valence-corrected chi connectivity index (χ4v) is 2.21. The Bertz CT molecular complexity index is 607. The van der Waals surface area contributed by atoms with E-state index in [1.54, 1.807) is 12.1 Å². The molecule has 0 aromatic carbocycles. The summed E-state index contributed by atoms with van der Waals surface area (Å²) in [6.45, 7) is 2.79. The van der Waals surface area contributed by atoms with Crippen LogP contribution in [0.1, 0.15) is 23.8 Å². The van der Waals surface area contributed by atoms with Crippen LogP contribution in [0.15, 0.2) is 12.1 Å². The highest BCUT2D eigenvalue weighted by Crippen LogP contribution is 2.18. The molecule has 8 nitrogen and oxygen atoms in total. The number of aromatic nitrogens is 1. The molecule has 23 heavy (non-hydrogen) atoms. The molecule has 1 aliphatic rings. The third kappa shape index (κ3) is 4.32. The van der Waals surface area contributed by atoms with Crippen molar-refractivity contribution in [3.8, 4) is 5.88 Å². The lowest BCUT2D eigenvalue weighted by Gasteiger charge is -2.12. The average molecular weight is 341 g/mol. The molecular weight excluding hydrogens is 324 g/mol. The SMILES string of the molecule is CCOc1ccc(Cl)c(C(=O)NCCCN2C(=O)CNC2=O)n1. The maximum Gasteiger partial charge on any atom is 0.324 e. The summed E-state index contributed by atoms with van der Waals surface area (Å²) in [7, 11) is 0. The Morgan fingerprint density at radius 2 is 2.26 bits per heavy atom. The lowest BCUT2D eigenvalue weighted by atomic mass is 10.3. The summed E-state index contributed by atoms with van der Waals surface area (Å²) in [6, 6.07) is 2.72. The first-order valence-electron chi connectivity index (χ1n) is 7.18. The zero-order chi connectivity index (χ0) is 16.8. The van der Waals surface area contributed by atoms with Gasteiger partial charge in [0, 0.05) is 19.2 Å². The number of amides is 4. The summed E-state index contributed by atoms with van der Waals surface area (Å²) in [5, 5.41) is 5.30. The molecule has 0 saturated carbocycles. The average Bonchev–Trinajstić information content (AvgIpc) is 2.85. The van der Waals surface area contributed by atoms with E-state index in [9.17, 15) is 14.4 Å². The fourth-order valence-electron chi connectivity index (χ4n) is 2.02. The van der Waals surface area contributed by atoms with Gasteiger partial charge < -0.3 is 15.4 Å². The van der Waals surface area contributed by atoms with E-state index in [4.69, 9.17) is 16.3 Å². The molecule has 1 fully saturated rings. The van der Waals surface area contributed by atoms with Crippen LogP contribution in [0.3, 0.4) is 0 Å². The van der Waals surface area contributed by atoms with Crippen molar-refractivity contribution in [1.29, 1.82) is 0 Å². The third-order valence-electron chi connectivity index (χ3n) is 3.11. The molecule has 0 atom stereocenters. The van der Waals surface area contributed by atoms with Gasteiger partial charge in [-0.2, -0.15) is 0 Å². The molecule has 1 aromatic rings. The molecule has 1 aliphatic heterocycles. The van der Waals surface area contributed by atoms with Crippen LogP contribution in [0.5, 0.6) is 5.88 Å². The molecule has 1 aromatic heterocycles. The standard InChI is InChI=1S/C14H17ClN4O4/c1-2-23-10-5-4-9(15)12(18-10)13(21)16-6-3-7-19-11(20)8-17-14(19)22/h4-5H,2-3,6-8H2,1H3,(H,16,21)(H,17,22). The van der Waals surface area contributed by atoms with Crippen molar-refractivity contribution in [1.82, 2.24) is 20.5 Å². The zero-order valence-corrected chi connectivity index (χ0v) is 13.4. The van der Waals surface area contributed by atoms with E-state index in [2.05, 4.69) is 15.6 Å². The number of ether oxygens (including phenoxy) is 1. The monoisotopic (exact) mass is 340 g/mol. The molecule has 0 radical (unpaired) electrons. The van der Waals surface area contributed by atoms with Crippen LogP contribution >= 0.6 is 11.6 Å². The van der Waals surface area contributed by atoms with Crippen molar-refractivity contribution in [2.24, 2.45) is 0 Å². The third-order valence-corrected chi connectivity index (χ3v) is 3.41. The van der Waals surface area contributed by atoms with Crippen molar-refractivity contribution >= 4 is 29.4 Å². The molecule has 0 aliphatic carbocycles. The van der Waals surface area contributed by atoms with Gasteiger partial charge in [0.25, 0.3) is 5.91 Å². The van der Waals surface area contributed by atoms with Crippen LogP contribution < -0.4 is 15.4 Å². The lowest BCUT2D eigenvalue weighted by molar-refractivity contribution is -0.125. The summed E-state index contributed by atoms with van der Waals surface area (Å²) in [6.07, 6.45) is 0.438. The van der Waals surface area contributed by atoms with E-state index in [0.717, 1.165) is 4.90 Å².